The second-order valence-corrected chi connectivity index (χ2v) is 8.29. The van der Waals surface area contributed by atoms with Crippen molar-refractivity contribution in [2.75, 3.05) is 13.1 Å². The monoisotopic (exact) mass is 468 g/mol. The average Bonchev–Trinajstić information content (AvgIpc) is 3.35. The number of fused-ring (bicyclic) bond motifs is 2. The number of nitrogens with one attached hydrogen (secondary N) is 2. The highest BCUT2D eigenvalue weighted by atomic mass is 19.1. The molecule has 4 rings (SSSR count). The SMILES string of the molecule is CCN[C@@H](C)C(=O)c1ccc2c(F)c(CCN[C@@H](C)C(=O)c3ccc4cc(F)oc4c3)oc2c1. The molecule has 0 aliphatic carbocycles. The highest BCUT2D eigenvalue weighted by Crippen LogP contribution is 2.26. The van der Waals surface area contributed by atoms with Crippen LogP contribution >= 0.6 is 0 Å². The van der Waals surface area contributed by atoms with Crippen LogP contribution in [0.4, 0.5) is 8.78 Å². The minimum Gasteiger partial charge on any atom is -0.458 e. The number of hydrogen-bond acceptors (Lipinski definition) is 6. The summed E-state index contributed by atoms with van der Waals surface area (Å²) in [6.45, 7) is 6.36. The molecule has 0 unspecified atom stereocenters. The zero-order chi connectivity index (χ0) is 24.4. The lowest BCUT2D eigenvalue weighted by molar-refractivity contribution is 0.0944. The van der Waals surface area contributed by atoms with E-state index >= 15 is 0 Å². The predicted octanol–water partition coefficient (Wildman–Crippen LogP) is 5.04. The summed E-state index contributed by atoms with van der Waals surface area (Å²) in [5, 5.41) is 7.03. The second-order valence-electron chi connectivity index (χ2n) is 8.29. The molecule has 6 nitrogen and oxygen atoms in total. The molecule has 0 saturated heterocycles. The normalized spacial score (nSPS) is 13.4. The quantitative estimate of drug-likeness (QED) is 0.317. The third-order valence-electron chi connectivity index (χ3n) is 5.85. The molecule has 0 radical (unpaired) electrons. The molecule has 2 N–H and O–H groups in total. The number of carbonyl (C=O) groups excluding carboxylic acids is 2. The van der Waals surface area contributed by atoms with Gasteiger partial charge in [-0.25, -0.2) is 4.39 Å². The molecular formula is C26H26F2N2O4. The van der Waals surface area contributed by atoms with Crippen molar-refractivity contribution in [3.05, 3.63) is 71.2 Å². The molecule has 8 heteroatoms. The third kappa shape index (κ3) is 4.78. The van der Waals surface area contributed by atoms with E-state index in [9.17, 15) is 18.4 Å². The smallest absolute Gasteiger partial charge is 0.278 e. The summed E-state index contributed by atoms with van der Waals surface area (Å²) < 4.78 is 38.7. The van der Waals surface area contributed by atoms with Crippen LogP contribution in [-0.2, 0) is 6.42 Å². The highest BCUT2D eigenvalue weighted by Gasteiger charge is 2.20. The maximum absolute atomic E-state index is 14.8. The number of furan rings is 2. The molecule has 2 aromatic carbocycles. The minimum atomic E-state index is -0.706. The maximum Gasteiger partial charge on any atom is 0.278 e. The van der Waals surface area contributed by atoms with Gasteiger partial charge in [0.05, 0.1) is 17.5 Å². The fraction of sp³-hybridized carbons (Fsp3) is 0.308. The zero-order valence-corrected chi connectivity index (χ0v) is 19.2. The summed E-state index contributed by atoms with van der Waals surface area (Å²) in [6.07, 6.45) is 0.220. The summed E-state index contributed by atoms with van der Waals surface area (Å²) in [5.74, 6) is -0.605. The van der Waals surface area contributed by atoms with E-state index in [1.165, 1.54) is 12.1 Å². The molecule has 4 aromatic rings. The van der Waals surface area contributed by atoms with Crippen LogP contribution in [0.3, 0.4) is 0 Å². The summed E-state index contributed by atoms with van der Waals surface area (Å²) in [4.78, 5) is 25.2. The molecule has 2 heterocycles. The largest absolute Gasteiger partial charge is 0.458 e. The Morgan fingerprint density at radius 3 is 2.24 bits per heavy atom. The van der Waals surface area contributed by atoms with Gasteiger partial charge in [-0.05, 0) is 38.6 Å². The van der Waals surface area contributed by atoms with Gasteiger partial charge in [0.2, 0.25) is 0 Å². The number of rotatable bonds is 10. The fourth-order valence-electron chi connectivity index (χ4n) is 3.98. The second kappa shape index (κ2) is 9.87. The van der Waals surface area contributed by atoms with Crippen LogP contribution in [0.1, 0.15) is 47.2 Å². The Bertz CT molecular complexity index is 1360. The van der Waals surface area contributed by atoms with Crippen molar-refractivity contribution in [2.24, 2.45) is 0 Å². The highest BCUT2D eigenvalue weighted by molar-refractivity contribution is 6.03. The molecule has 0 bridgehead atoms. The Balaban J connectivity index is 1.40. The van der Waals surface area contributed by atoms with Gasteiger partial charge in [-0.1, -0.05) is 25.1 Å². The lowest BCUT2D eigenvalue weighted by Gasteiger charge is -2.12. The molecule has 0 amide bonds. The van der Waals surface area contributed by atoms with Gasteiger partial charge in [-0.3, -0.25) is 9.59 Å². The molecule has 2 atom stereocenters. The summed E-state index contributed by atoms with van der Waals surface area (Å²) in [5.41, 5.74) is 1.45. The van der Waals surface area contributed by atoms with E-state index < -0.39 is 17.9 Å². The van der Waals surface area contributed by atoms with Crippen molar-refractivity contribution in [1.29, 1.82) is 0 Å². The van der Waals surface area contributed by atoms with Crippen molar-refractivity contribution in [3.63, 3.8) is 0 Å². The minimum absolute atomic E-state index is 0.0911. The van der Waals surface area contributed by atoms with E-state index in [1.54, 1.807) is 44.2 Å². The Morgan fingerprint density at radius 2 is 1.53 bits per heavy atom. The van der Waals surface area contributed by atoms with Gasteiger partial charge in [0.25, 0.3) is 6.01 Å². The molecule has 0 aliphatic heterocycles. The zero-order valence-electron chi connectivity index (χ0n) is 19.2. The predicted molar refractivity (Wildman–Crippen MR) is 125 cm³/mol. The fourth-order valence-corrected chi connectivity index (χ4v) is 3.98. The number of carbonyl (C=O) groups is 2. The van der Waals surface area contributed by atoms with Crippen LogP contribution in [0.25, 0.3) is 21.9 Å². The van der Waals surface area contributed by atoms with Crippen LogP contribution < -0.4 is 10.6 Å². The van der Waals surface area contributed by atoms with Crippen molar-refractivity contribution >= 4 is 33.5 Å². The molecule has 178 valence electrons. The van der Waals surface area contributed by atoms with Crippen LogP contribution in [0, 0.1) is 11.8 Å². The molecule has 0 spiro atoms. The number of likely N-dealkylation sites (N-methyl/N-ethyl adjacent to an activating group) is 1. The molecule has 0 saturated carbocycles. The van der Waals surface area contributed by atoms with E-state index in [0.717, 1.165) is 0 Å². The number of ketones is 2. The van der Waals surface area contributed by atoms with Gasteiger partial charge in [0.1, 0.15) is 16.9 Å². The van der Waals surface area contributed by atoms with Gasteiger partial charge in [-0.15, -0.1) is 0 Å². The molecule has 34 heavy (non-hydrogen) atoms. The first kappa shape index (κ1) is 23.8. The Labute approximate surface area is 195 Å². The van der Waals surface area contributed by atoms with Gasteiger partial charge in [-0.2, -0.15) is 4.39 Å². The van der Waals surface area contributed by atoms with Crippen LogP contribution in [0.2, 0.25) is 0 Å². The molecule has 0 fully saturated rings. The van der Waals surface area contributed by atoms with Gasteiger partial charge >= 0.3 is 0 Å². The first-order valence-electron chi connectivity index (χ1n) is 11.2. The molecule has 2 aromatic heterocycles. The summed E-state index contributed by atoms with van der Waals surface area (Å²) >= 11 is 0. The van der Waals surface area contributed by atoms with E-state index in [4.69, 9.17) is 8.83 Å². The van der Waals surface area contributed by atoms with Crippen molar-refractivity contribution in [3.8, 4) is 0 Å². The first-order chi connectivity index (χ1) is 16.3. The first-order valence-corrected chi connectivity index (χ1v) is 11.2. The third-order valence-corrected chi connectivity index (χ3v) is 5.85. The van der Waals surface area contributed by atoms with Crippen LogP contribution in [-0.4, -0.2) is 36.7 Å². The summed E-state index contributed by atoms with van der Waals surface area (Å²) in [7, 11) is 0. The van der Waals surface area contributed by atoms with E-state index in [0.29, 0.717) is 46.2 Å². The lowest BCUT2D eigenvalue weighted by Crippen LogP contribution is -2.35. The van der Waals surface area contributed by atoms with E-state index in [2.05, 4.69) is 10.6 Å². The van der Waals surface area contributed by atoms with Crippen molar-refractivity contribution in [2.45, 2.75) is 39.3 Å². The number of halogens is 2. The van der Waals surface area contributed by atoms with Crippen molar-refractivity contribution < 1.29 is 27.2 Å². The van der Waals surface area contributed by atoms with Gasteiger partial charge in [0.15, 0.2) is 17.4 Å². The topological polar surface area (TPSA) is 84.5 Å². The van der Waals surface area contributed by atoms with Gasteiger partial charge < -0.3 is 19.5 Å². The van der Waals surface area contributed by atoms with Gasteiger partial charge in [0, 0.05) is 35.5 Å². The number of Topliss-reactive ketones (excluding diaryl/α,β-unsaturated/α-hetero) is 2. The maximum atomic E-state index is 14.8. The lowest BCUT2D eigenvalue weighted by atomic mass is 10.0. The van der Waals surface area contributed by atoms with Crippen LogP contribution in [0.5, 0.6) is 0 Å². The number of benzene rings is 2. The molecule has 0 aliphatic rings. The van der Waals surface area contributed by atoms with Crippen molar-refractivity contribution in [1.82, 2.24) is 10.6 Å². The van der Waals surface area contributed by atoms with E-state index in [-0.39, 0.29) is 29.8 Å². The Kier molecular flexibility index (Phi) is 6.90. The average molecular weight is 469 g/mol. The number of hydrogen-bond donors (Lipinski definition) is 2. The summed E-state index contributed by atoms with van der Waals surface area (Å²) in [6, 6.07) is 9.11. The standard InChI is InChI=1S/C26H26F2N2O4/c1-4-29-14(2)25(31)18-7-8-19-22(12-18)33-20(24(19)28)9-10-30-15(3)26(32)17-6-5-16-13-23(27)34-21(16)11-17/h5-8,11-15,29-30H,4,9-10H2,1-3H3/t14-,15-/m0/s1. The molecular weight excluding hydrogens is 442 g/mol. The Hall–Kier alpha value is -3.36. The van der Waals surface area contributed by atoms with E-state index in [1.807, 2.05) is 6.92 Å². The van der Waals surface area contributed by atoms with Crippen LogP contribution in [0.15, 0.2) is 51.3 Å². The Morgan fingerprint density at radius 1 is 0.882 bits per heavy atom.